The van der Waals surface area contributed by atoms with Gasteiger partial charge in [-0.2, -0.15) is 0 Å². The maximum absolute atomic E-state index is 12.7. The Morgan fingerprint density at radius 1 is 1.21 bits per heavy atom. The van der Waals surface area contributed by atoms with Crippen LogP contribution >= 0.6 is 0 Å². The summed E-state index contributed by atoms with van der Waals surface area (Å²) in [6.45, 7) is 5.70. The Labute approximate surface area is 142 Å². The lowest BCUT2D eigenvalue weighted by Crippen LogP contribution is -1.93. The molecule has 2 rings (SSSR count). The molecule has 0 aliphatic heterocycles. The molecule has 0 spiro atoms. The summed E-state index contributed by atoms with van der Waals surface area (Å²) in [5.41, 5.74) is 1.88. The van der Waals surface area contributed by atoms with E-state index >= 15 is 0 Å². The molecule has 0 fully saturated rings. The van der Waals surface area contributed by atoms with Gasteiger partial charge in [-0.25, -0.2) is 14.4 Å². The SMILES string of the molecule is C=CCOc1ccc(-c2ncc(/C=C/CCCC(C)F)cn2)cc1. The highest BCUT2D eigenvalue weighted by Gasteiger charge is 2.01. The summed E-state index contributed by atoms with van der Waals surface area (Å²) >= 11 is 0. The Morgan fingerprint density at radius 3 is 2.54 bits per heavy atom. The highest BCUT2D eigenvalue weighted by Crippen LogP contribution is 2.19. The van der Waals surface area contributed by atoms with E-state index in [1.807, 2.05) is 36.4 Å². The second-order valence-electron chi connectivity index (χ2n) is 5.58. The van der Waals surface area contributed by atoms with E-state index in [1.54, 1.807) is 25.4 Å². The first-order valence-electron chi connectivity index (χ1n) is 8.16. The zero-order valence-corrected chi connectivity index (χ0v) is 14.0. The van der Waals surface area contributed by atoms with Crippen molar-refractivity contribution in [2.75, 3.05) is 6.61 Å². The van der Waals surface area contributed by atoms with E-state index in [0.29, 0.717) is 18.9 Å². The Morgan fingerprint density at radius 2 is 1.92 bits per heavy atom. The first kappa shape index (κ1) is 17.9. The topological polar surface area (TPSA) is 35.0 Å². The fraction of sp³-hybridized carbons (Fsp3) is 0.300. The average Bonchev–Trinajstić information content (AvgIpc) is 2.60. The number of alkyl halides is 1. The summed E-state index contributed by atoms with van der Waals surface area (Å²) in [6.07, 6.45) is 10.9. The molecule has 0 aliphatic rings. The van der Waals surface area contributed by atoms with Gasteiger partial charge in [-0.1, -0.05) is 24.8 Å². The molecule has 126 valence electrons. The largest absolute Gasteiger partial charge is 0.490 e. The molecule has 0 N–H and O–H groups in total. The van der Waals surface area contributed by atoms with E-state index < -0.39 is 6.17 Å². The number of hydrogen-bond acceptors (Lipinski definition) is 3. The Balaban J connectivity index is 1.91. The predicted molar refractivity (Wildman–Crippen MR) is 96.6 cm³/mol. The van der Waals surface area contributed by atoms with Crippen LogP contribution in [0.2, 0.25) is 0 Å². The lowest BCUT2D eigenvalue weighted by atomic mass is 10.1. The molecule has 0 saturated heterocycles. The van der Waals surface area contributed by atoms with Crippen LogP contribution in [0.3, 0.4) is 0 Å². The number of ether oxygens (including phenoxy) is 1. The van der Waals surface area contributed by atoms with Crippen molar-refractivity contribution in [3.8, 4) is 17.1 Å². The molecular weight excluding hydrogens is 303 g/mol. The minimum atomic E-state index is -0.727. The Kier molecular flexibility index (Phi) is 7.15. The molecule has 1 unspecified atom stereocenters. The van der Waals surface area contributed by atoms with Gasteiger partial charge in [0.25, 0.3) is 0 Å². The van der Waals surface area contributed by atoms with Crippen LogP contribution in [0, 0.1) is 0 Å². The monoisotopic (exact) mass is 326 g/mol. The van der Waals surface area contributed by atoms with Gasteiger partial charge < -0.3 is 4.74 Å². The molecule has 0 bridgehead atoms. The smallest absolute Gasteiger partial charge is 0.159 e. The number of hydrogen-bond donors (Lipinski definition) is 0. The summed E-state index contributed by atoms with van der Waals surface area (Å²) in [6, 6.07) is 7.65. The third-order valence-corrected chi connectivity index (χ3v) is 3.44. The standard InChI is InChI=1S/C20H23FN2O/c1-3-13-24-19-11-9-18(10-12-19)20-22-14-17(15-23-20)8-6-4-5-7-16(2)21/h3,6,8-12,14-16H,1,4-5,7,13H2,2H3/b8-6+. The van der Waals surface area contributed by atoms with Gasteiger partial charge >= 0.3 is 0 Å². The molecule has 0 radical (unpaired) electrons. The number of halogens is 1. The normalized spacial score (nSPS) is 12.2. The summed E-state index contributed by atoms with van der Waals surface area (Å²) in [5, 5.41) is 0. The average molecular weight is 326 g/mol. The van der Waals surface area contributed by atoms with Crippen LogP contribution in [0.4, 0.5) is 4.39 Å². The van der Waals surface area contributed by atoms with Gasteiger partial charge in [0.15, 0.2) is 5.82 Å². The third kappa shape index (κ3) is 5.95. The number of nitrogens with zero attached hydrogens (tertiary/aromatic N) is 2. The van der Waals surface area contributed by atoms with Crippen molar-refractivity contribution in [3.63, 3.8) is 0 Å². The molecule has 0 aliphatic carbocycles. The zero-order valence-electron chi connectivity index (χ0n) is 14.0. The predicted octanol–water partition coefficient (Wildman–Crippen LogP) is 5.25. The van der Waals surface area contributed by atoms with E-state index in [0.717, 1.165) is 29.7 Å². The first-order chi connectivity index (χ1) is 11.7. The Bertz CT molecular complexity index is 648. The number of rotatable bonds is 9. The summed E-state index contributed by atoms with van der Waals surface area (Å²) in [7, 11) is 0. The van der Waals surface area contributed by atoms with Crippen LogP contribution in [-0.2, 0) is 0 Å². The van der Waals surface area contributed by atoms with Crippen molar-refractivity contribution < 1.29 is 9.13 Å². The molecule has 2 aromatic rings. The van der Waals surface area contributed by atoms with E-state index in [-0.39, 0.29) is 0 Å². The summed E-state index contributed by atoms with van der Waals surface area (Å²) < 4.78 is 18.1. The van der Waals surface area contributed by atoms with Gasteiger partial charge in [-0.05, 0) is 50.5 Å². The van der Waals surface area contributed by atoms with E-state index in [9.17, 15) is 4.39 Å². The van der Waals surface area contributed by atoms with Crippen LogP contribution in [-0.4, -0.2) is 22.7 Å². The van der Waals surface area contributed by atoms with Gasteiger partial charge in [0.1, 0.15) is 12.4 Å². The first-order valence-corrected chi connectivity index (χ1v) is 8.16. The minimum Gasteiger partial charge on any atom is -0.490 e. The van der Waals surface area contributed by atoms with E-state index in [4.69, 9.17) is 4.74 Å². The fourth-order valence-electron chi connectivity index (χ4n) is 2.16. The molecule has 1 aromatic carbocycles. The second kappa shape index (κ2) is 9.60. The summed E-state index contributed by atoms with van der Waals surface area (Å²) in [5.74, 6) is 1.47. The molecule has 3 nitrogen and oxygen atoms in total. The molecule has 4 heteroatoms. The van der Waals surface area contributed by atoms with Crippen LogP contribution in [0.25, 0.3) is 17.5 Å². The van der Waals surface area contributed by atoms with Gasteiger partial charge in [-0.3, -0.25) is 0 Å². The second-order valence-corrected chi connectivity index (χ2v) is 5.58. The van der Waals surface area contributed by atoms with Crippen LogP contribution < -0.4 is 4.74 Å². The highest BCUT2D eigenvalue weighted by molar-refractivity contribution is 5.57. The van der Waals surface area contributed by atoms with Gasteiger partial charge in [0.05, 0.1) is 6.17 Å². The van der Waals surface area contributed by atoms with Crippen molar-refractivity contribution in [2.24, 2.45) is 0 Å². The lowest BCUT2D eigenvalue weighted by molar-refractivity contribution is 0.335. The maximum Gasteiger partial charge on any atom is 0.159 e. The fourth-order valence-corrected chi connectivity index (χ4v) is 2.16. The van der Waals surface area contributed by atoms with Crippen LogP contribution in [0.1, 0.15) is 31.7 Å². The van der Waals surface area contributed by atoms with E-state index in [1.165, 1.54) is 0 Å². The third-order valence-electron chi connectivity index (χ3n) is 3.44. The molecule has 24 heavy (non-hydrogen) atoms. The van der Waals surface area contributed by atoms with Crippen LogP contribution in [0.15, 0.2) is 55.4 Å². The van der Waals surface area contributed by atoms with Crippen molar-refractivity contribution in [2.45, 2.75) is 32.4 Å². The number of benzene rings is 1. The Hall–Kier alpha value is -2.49. The molecule has 0 saturated carbocycles. The van der Waals surface area contributed by atoms with Crippen molar-refractivity contribution in [1.29, 1.82) is 0 Å². The lowest BCUT2D eigenvalue weighted by Gasteiger charge is -2.04. The molecule has 0 amide bonds. The maximum atomic E-state index is 12.7. The van der Waals surface area contributed by atoms with Crippen LogP contribution in [0.5, 0.6) is 5.75 Å². The van der Waals surface area contributed by atoms with Crippen molar-refractivity contribution in [1.82, 2.24) is 9.97 Å². The number of allylic oxidation sites excluding steroid dienone is 1. The van der Waals surface area contributed by atoms with Crippen molar-refractivity contribution >= 4 is 6.08 Å². The van der Waals surface area contributed by atoms with E-state index in [2.05, 4.69) is 16.5 Å². The zero-order chi connectivity index (χ0) is 17.2. The molecular formula is C20H23FN2O. The minimum absolute atomic E-state index is 0.487. The quantitative estimate of drug-likeness (QED) is 0.466. The molecule has 1 heterocycles. The molecule has 1 atom stereocenters. The summed E-state index contributed by atoms with van der Waals surface area (Å²) in [4.78, 5) is 8.78. The molecule has 1 aromatic heterocycles. The van der Waals surface area contributed by atoms with Crippen molar-refractivity contribution in [3.05, 3.63) is 61.0 Å². The van der Waals surface area contributed by atoms with Gasteiger partial charge in [0.2, 0.25) is 0 Å². The van der Waals surface area contributed by atoms with Gasteiger partial charge in [0, 0.05) is 23.5 Å². The number of aromatic nitrogens is 2. The highest BCUT2D eigenvalue weighted by atomic mass is 19.1. The van der Waals surface area contributed by atoms with Gasteiger partial charge in [-0.15, -0.1) is 0 Å². The number of unbranched alkanes of at least 4 members (excludes halogenated alkanes) is 1.